The number of rotatable bonds is 9. The van der Waals surface area contributed by atoms with Gasteiger partial charge < -0.3 is 14.9 Å². The van der Waals surface area contributed by atoms with E-state index in [1.807, 2.05) is 0 Å². The number of unbranched alkanes of at least 4 members (excludes halogenated alkanes) is 4. The van der Waals surface area contributed by atoms with Crippen molar-refractivity contribution in [2.75, 3.05) is 7.11 Å². The van der Waals surface area contributed by atoms with Crippen LogP contribution < -0.4 is 0 Å². The summed E-state index contributed by atoms with van der Waals surface area (Å²) in [6.45, 7) is 0. The first-order valence-corrected chi connectivity index (χ1v) is 5.55. The third kappa shape index (κ3) is 8.23. The highest BCUT2D eigenvalue weighted by atomic mass is 16.5. The van der Waals surface area contributed by atoms with Crippen molar-refractivity contribution in [1.82, 2.24) is 0 Å². The average molecular weight is 232 g/mol. The summed E-state index contributed by atoms with van der Waals surface area (Å²) in [6.07, 6.45) is 3.74. The number of carbonyl (C=O) groups excluding carboxylic acids is 1. The monoisotopic (exact) mass is 232 g/mol. The Bertz CT molecular complexity index is 214. The van der Waals surface area contributed by atoms with E-state index in [1.165, 1.54) is 7.11 Å². The molecule has 0 aliphatic carbocycles. The molecular weight excluding hydrogens is 212 g/mol. The van der Waals surface area contributed by atoms with E-state index in [9.17, 15) is 14.7 Å². The predicted molar refractivity (Wildman–Crippen MR) is 58.0 cm³/mol. The van der Waals surface area contributed by atoms with Crippen LogP contribution in [-0.2, 0) is 14.3 Å². The Hall–Kier alpha value is -1.10. The lowest BCUT2D eigenvalue weighted by Gasteiger charge is -2.07. The minimum Gasteiger partial charge on any atom is -0.481 e. The lowest BCUT2D eigenvalue weighted by Crippen LogP contribution is -2.21. The molecule has 0 rings (SSSR count). The summed E-state index contributed by atoms with van der Waals surface area (Å²) in [6, 6.07) is 0. The van der Waals surface area contributed by atoms with Gasteiger partial charge in [0, 0.05) is 6.42 Å². The maximum absolute atomic E-state index is 10.8. The number of esters is 1. The number of carboxylic acids is 1. The first-order valence-electron chi connectivity index (χ1n) is 5.55. The van der Waals surface area contributed by atoms with Crippen LogP contribution in [0.15, 0.2) is 0 Å². The molecule has 5 heteroatoms. The summed E-state index contributed by atoms with van der Waals surface area (Å²) in [5.41, 5.74) is 0. The molecule has 0 aromatic carbocycles. The fourth-order valence-corrected chi connectivity index (χ4v) is 1.40. The molecule has 0 unspecified atom stereocenters. The first-order chi connectivity index (χ1) is 7.57. The van der Waals surface area contributed by atoms with Crippen LogP contribution in [0.5, 0.6) is 0 Å². The summed E-state index contributed by atoms with van der Waals surface area (Å²) in [4.78, 5) is 21.0. The second-order valence-corrected chi connectivity index (χ2v) is 3.74. The van der Waals surface area contributed by atoms with Gasteiger partial charge in [-0.3, -0.25) is 4.79 Å². The Labute approximate surface area is 95.4 Å². The molecule has 0 saturated carbocycles. The van der Waals surface area contributed by atoms with E-state index < -0.39 is 18.0 Å². The quantitative estimate of drug-likeness (QED) is 0.463. The van der Waals surface area contributed by atoms with Crippen molar-refractivity contribution in [1.29, 1.82) is 0 Å². The summed E-state index contributed by atoms with van der Waals surface area (Å²) < 4.78 is 4.38. The molecule has 0 spiro atoms. The molecule has 0 bridgehead atoms. The van der Waals surface area contributed by atoms with Crippen molar-refractivity contribution >= 4 is 11.9 Å². The smallest absolute Gasteiger partial charge is 0.334 e. The maximum atomic E-state index is 10.8. The minimum atomic E-state index is -1.02. The van der Waals surface area contributed by atoms with Crippen LogP contribution in [-0.4, -0.2) is 35.4 Å². The molecule has 0 aliphatic rings. The van der Waals surface area contributed by atoms with E-state index in [2.05, 4.69) is 4.74 Å². The van der Waals surface area contributed by atoms with Crippen LogP contribution in [0.2, 0.25) is 0 Å². The number of hydrogen-bond donors (Lipinski definition) is 2. The lowest BCUT2D eigenvalue weighted by molar-refractivity contribution is -0.150. The third-order valence-electron chi connectivity index (χ3n) is 2.34. The van der Waals surface area contributed by atoms with E-state index in [4.69, 9.17) is 5.11 Å². The molecule has 0 saturated heterocycles. The number of aliphatic hydroxyl groups is 1. The summed E-state index contributed by atoms with van der Waals surface area (Å²) in [5, 5.41) is 17.6. The van der Waals surface area contributed by atoms with Gasteiger partial charge in [0.2, 0.25) is 0 Å². The minimum absolute atomic E-state index is 0.213. The molecule has 0 aromatic heterocycles. The maximum Gasteiger partial charge on any atom is 0.334 e. The fourth-order valence-electron chi connectivity index (χ4n) is 1.40. The molecule has 0 radical (unpaired) electrons. The molecule has 0 heterocycles. The topological polar surface area (TPSA) is 83.8 Å². The number of aliphatic hydroxyl groups excluding tert-OH is 1. The van der Waals surface area contributed by atoms with Gasteiger partial charge in [0.1, 0.15) is 0 Å². The number of hydrogen-bond acceptors (Lipinski definition) is 4. The molecule has 2 N–H and O–H groups in total. The normalized spacial score (nSPS) is 12.1. The van der Waals surface area contributed by atoms with Crippen molar-refractivity contribution < 1.29 is 24.5 Å². The molecule has 94 valence electrons. The highest BCUT2D eigenvalue weighted by Crippen LogP contribution is 2.09. The van der Waals surface area contributed by atoms with E-state index in [0.29, 0.717) is 12.8 Å². The van der Waals surface area contributed by atoms with E-state index >= 15 is 0 Å². The Morgan fingerprint density at radius 2 is 1.69 bits per heavy atom. The zero-order valence-corrected chi connectivity index (χ0v) is 9.65. The zero-order chi connectivity index (χ0) is 12.4. The van der Waals surface area contributed by atoms with Crippen molar-refractivity contribution in [3.8, 4) is 0 Å². The lowest BCUT2D eigenvalue weighted by atomic mass is 10.1. The van der Waals surface area contributed by atoms with Crippen molar-refractivity contribution in [3.05, 3.63) is 0 Å². The molecule has 5 nitrogen and oxygen atoms in total. The van der Waals surface area contributed by atoms with Gasteiger partial charge in [0.05, 0.1) is 7.11 Å². The molecule has 0 aromatic rings. The fraction of sp³-hybridized carbons (Fsp3) is 0.818. The summed E-state index contributed by atoms with van der Waals surface area (Å²) >= 11 is 0. The van der Waals surface area contributed by atoms with Crippen LogP contribution in [0, 0.1) is 0 Å². The van der Waals surface area contributed by atoms with Crippen molar-refractivity contribution in [2.24, 2.45) is 0 Å². The van der Waals surface area contributed by atoms with E-state index in [0.717, 1.165) is 25.7 Å². The van der Waals surface area contributed by atoms with E-state index in [1.54, 1.807) is 0 Å². The van der Waals surface area contributed by atoms with Gasteiger partial charge in [-0.1, -0.05) is 25.7 Å². The van der Waals surface area contributed by atoms with Gasteiger partial charge in [0.15, 0.2) is 6.10 Å². The number of carbonyl (C=O) groups is 2. The van der Waals surface area contributed by atoms with Gasteiger partial charge in [-0.2, -0.15) is 0 Å². The highest BCUT2D eigenvalue weighted by Gasteiger charge is 2.13. The number of carboxylic acid groups (broad SMARTS) is 1. The Kier molecular flexibility index (Phi) is 8.52. The van der Waals surface area contributed by atoms with Crippen LogP contribution in [0.3, 0.4) is 0 Å². The van der Waals surface area contributed by atoms with Gasteiger partial charge in [-0.15, -0.1) is 0 Å². The number of methoxy groups -OCH3 is 1. The Morgan fingerprint density at radius 1 is 1.12 bits per heavy atom. The van der Waals surface area contributed by atoms with Gasteiger partial charge in [-0.05, 0) is 12.8 Å². The van der Waals surface area contributed by atoms with E-state index in [-0.39, 0.29) is 6.42 Å². The van der Waals surface area contributed by atoms with Crippen LogP contribution in [0.4, 0.5) is 0 Å². The van der Waals surface area contributed by atoms with Crippen molar-refractivity contribution in [2.45, 2.75) is 51.0 Å². The average Bonchev–Trinajstić information content (AvgIpc) is 2.25. The molecule has 0 aliphatic heterocycles. The van der Waals surface area contributed by atoms with Gasteiger partial charge in [0.25, 0.3) is 0 Å². The highest BCUT2D eigenvalue weighted by molar-refractivity contribution is 5.74. The Morgan fingerprint density at radius 3 is 2.25 bits per heavy atom. The van der Waals surface area contributed by atoms with Gasteiger partial charge in [-0.25, -0.2) is 4.79 Å². The van der Waals surface area contributed by atoms with Crippen LogP contribution in [0.1, 0.15) is 44.9 Å². The third-order valence-corrected chi connectivity index (χ3v) is 2.34. The largest absolute Gasteiger partial charge is 0.481 e. The molecule has 16 heavy (non-hydrogen) atoms. The number of ether oxygens (including phenoxy) is 1. The van der Waals surface area contributed by atoms with Crippen LogP contribution >= 0.6 is 0 Å². The summed E-state index contributed by atoms with van der Waals surface area (Å²) in [5.74, 6) is -1.35. The second kappa shape index (κ2) is 9.15. The summed E-state index contributed by atoms with van der Waals surface area (Å²) in [7, 11) is 1.25. The first kappa shape index (κ1) is 14.9. The number of aliphatic carboxylic acids is 1. The SMILES string of the molecule is COC(=O)[C@@H](O)CCCCCCCC(=O)O. The molecule has 0 amide bonds. The second-order valence-electron chi connectivity index (χ2n) is 3.74. The molecule has 0 fully saturated rings. The predicted octanol–water partition coefficient (Wildman–Crippen LogP) is 1.34. The van der Waals surface area contributed by atoms with Crippen LogP contribution in [0.25, 0.3) is 0 Å². The zero-order valence-electron chi connectivity index (χ0n) is 9.65. The Balaban J connectivity index is 3.27. The van der Waals surface area contributed by atoms with Crippen molar-refractivity contribution in [3.63, 3.8) is 0 Å². The molecular formula is C11H20O5. The van der Waals surface area contributed by atoms with Gasteiger partial charge >= 0.3 is 11.9 Å². The molecule has 1 atom stereocenters. The standard InChI is InChI=1S/C11H20O5/c1-16-11(15)9(12)7-5-3-2-4-6-8-10(13)14/h9,12H,2-8H2,1H3,(H,13,14)/t9-/m0/s1.